The van der Waals surface area contributed by atoms with E-state index >= 15 is 0 Å². The largest absolute Gasteiger partial charge is 0.399 e. The van der Waals surface area contributed by atoms with Crippen LogP contribution in [0.5, 0.6) is 0 Å². The Morgan fingerprint density at radius 2 is 1.69 bits per heavy atom. The third-order valence-electron chi connectivity index (χ3n) is 4.21. The van der Waals surface area contributed by atoms with Gasteiger partial charge in [0.2, 0.25) is 5.95 Å². The Bertz CT molecular complexity index is 1140. The first-order chi connectivity index (χ1) is 14.1. The number of nitrogen functional groups attached to an aromatic ring is 2. The van der Waals surface area contributed by atoms with Crippen LogP contribution < -0.4 is 11.5 Å². The van der Waals surface area contributed by atoms with Crippen LogP contribution >= 0.6 is 0 Å². The highest BCUT2D eigenvalue weighted by Gasteiger charge is 2.11. The molecule has 0 amide bonds. The summed E-state index contributed by atoms with van der Waals surface area (Å²) in [4.78, 5) is 13.1. The van der Waals surface area contributed by atoms with Crippen molar-refractivity contribution in [2.75, 3.05) is 18.6 Å². The molecular formula is C20H20N8O. The van der Waals surface area contributed by atoms with E-state index in [1.165, 1.54) is 0 Å². The lowest BCUT2D eigenvalue weighted by atomic mass is 10.1. The molecule has 4 aromatic rings. The number of benzene rings is 1. The van der Waals surface area contributed by atoms with E-state index in [0.717, 1.165) is 17.0 Å². The Hall–Kier alpha value is -3.85. The van der Waals surface area contributed by atoms with Gasteiger partial charge >= 0.3 is 0 Å². The lowest BCUT2D eigenvalue weighted by molar-refractivity contribution is 0.181. The van der Waals surface area contributed by atoms with Crippen molar-refractivity contribution in [3.05, 3.63) is 66.1 Å². The van der Waals surface area contributed by atoms with Crippen LogP contribution in [-0.2, 0) is 17.9 Å². The third kappa shape index (κ3) is 4.36. The maximum Gasteiger partial charge on any atom is 0.221 e. The van der Waals surface area contributed by atoms with Crippen LogP contribution in [0.4, 0.5) is 11.6 Å². The molecule has 0 saturated carbocycles. The summed E-state index contributed by atoms with van der Waals surface area (Å²) in [5.74, 6) is 0.156. The molecule has 1 aromatic carbocycles. The van der Waals surface area contributed by atoms with Gasteiger partial charge in [0.05, 0.1) is 42.1 Å². The molecule has 0 atom stereocenters. The van der Waals surface area contributed by atoms with Crippen LogP contribution in [0.3, 0.4) is 0 Å². The summed E-state index contributed by atoms with van der Waals surface area (Å²) in [7, 11) is 1.64. The van der Waals surface area contributed by atoms with Crippen molar-refractivity contribution in [2.24, 2.45) is 0 Å². The predicted molar refractivity (Wildman–Crippen MR) is 109 cm³/mol. The highest BCUT2D eigenvalue weighted by molar-refractivity contribution is 5.69. The van der Waals surface area contributed by atoms with Crippen molar-refractivity contribution < 1.29 is 4.74 Å². The van der Waals surface area contributed by atoms with E-state index < -0.39 is 0 Å². The summed E-state index contributed by atoms with van der Waals surface area (Å²) in [5.41, 5.74) is 16.9. The summed E-state index contributed by atoms with van der Waals surface area (Å²) < 4.78 is 6.83. The molecule has 0 spiro atoms. The number of nitrogens with zero attached hydrogens (tertiary/aromatic N) is 6. The molecule has 9 heteroatoms. The number of pyridine rings is 1. The van der Waals surface area contributed by atoms with Gasteiger partial charge in [-0.2, -0.15) is 0 Å². The number of methoxy groups -OCH3 is 1. The third-order valence-corrected chi connectivity index (χ3v) is 4.21. The van der Waals surface area contributed by atoms with Crippen molar-refractivity contribution in [1.82, 2.24) is 29.9 Å². The van der Waals surface area contributed by atoms with Gasteiger partial charge in [-0.05, 0) is 30.3 Å². The monoisotopic (exact) mass is 388 g/mol. The predicted octanol–water partition coefficient (Wildman–Crippen LogP) is 2.16. The second-order valence-corrected chi connectivity index (χ2v) is 6.48. The summed E-state index contributed by atoms with van der Waals surface area (Å²) >= 11 is 0. The second kappa shape index (κ2) is 8.03. The molecule has 4 N–H and O–H groups in total. The van der Waals surface area contributed by atoms with Gasteiger partial charge < -0.3 is 16.2 Å². The number of hydrogen-bond acceptors (Lipinski definition) is 8. The standard InChI is InChI=1S/C20H20N8O/c1-29-12-16-7-3-6-15(23-16)10-28-11-19(26-27-28)18-9-17(24-20(22)25-18)13-4-2-5-14(21)8-13/h2-9,11H,10,12,21H2,1H3,(H2,22,24,25). The number of anilines is 2. The van der Waals surface area contributed by atoms with Crippen molar-refractivity contribution in [1.29, 1.82) is 0 Å². The van der Waals surface area contributed by atoms with Gasteiger partial charge in [0, 0.05) is 18.4 Å². The van der Waals surface area contributed by atoms with Crippen molar-refractivity contribution in [2.45, 2.75) is 13.2 Å². The van der Waals surface area contributed by atoms with E-state index in [4.69, 9.17) is 16.2 Å². The summed E-state index contributed by atoms with van der Waals surface area (Å²) in [5, 5.41) is 8.41. The lowest BCUT2D eigenvalue weighted by Crippen LogP contribution is -2.04. The molecule has 3 heterocycles. The summed E-state index contributed by atoms with van der Waals surface area (Å²) in [6.45, 7) is 0.941. The first kappa shape index (κ1) is 18.5. The van der Waals surface area contributed by atoms with Gasteiger partial charge in [0.1, 0.15) is 5.69 Å². The molecule has 0 aliphatic carbocycles. The molecule has 0 radical (unpaired) electrons. The topological polar surface area (TPSA) is 131 Å². The summed E-state index contributed by atoms with van der Waals surface area (Å²) in [6, 6.07) is 15.0. The van der Waals surface area contributed by atoms with Gasteiger partial charge in [-0.15, -0.1) is 5.10 Å². The first-order valence-electron chi connectivity index (χ1n) is 8.95. The zero-order valence-corrected chi connectivity index (χ0v) is 15.9. The molecular weight excluding hydrogens is 368 g/mol. The maximum atomic E-state index is 5.92. The lowest BCUT2D eigenvalue weighted by Gasteiger charge is -2.05. The van der Waals surface area contributed by atoms with Crippen LogP contribution in [0.15, 0.2) is 54.7 Å². The van der Waals surface area contributed by atoms with Crippen LogP contribution in [0.25, 0.3) is 22.6 Å². The van der Waals surface area contributed by atoms with E-state index in [0.29, 0.717) is 35.9 Å². The van der Waals surface area contributed by atoms with Crippen molar-refractivity contribution in [3.63, 3.8) is 0 Å². The Balaban J connectivity index is 1.60. The smallest absolute Gasteiger partial charge is 0.221 e. The molecule has 0 aliphatic heterocycles. The van der Waals surface area contributed by atoms with E-state index in [2.05, 4.69) is 25.3 Å². The van der Waals surface area contributed by atoms with Gasteiger partial charge in [0.25, 0.3) is 0 Å². The van der Waals surface area contributed by atoms with E-state index in [1.807, 2.05) is 48.5 Å². The SMILES string of the molecule is COCc1cccc(Cn2cc(-c3cc(-c4cccc(N)c4)nc(N)n3)nn2)n1. The number of aromatic nitrogens is 6. The molecule has 0 aliphatic rings. The van der Waals surface area contributed by atoms with Crippen LogP contribution in [0.1, 0.15) is 11.4 Å². The highest BCUT2D eigenvalue weighted by atomic mass is 16.5. The van der Waals surface area contributed by atoms with E-state index in [9.17, 15) is 0 Å². The Morgan fingerprint density at radius 3 is 2.52 bits per heavy atom. The molecule has 0 saturated heterocycles. The Morgan fingerprint density at radius 1 is 0.897 bits per heavy atom. The normalized spacial score (nSPS) is 10.9. The zero-order chi connectivity index (χ0) is 20.2. The van der Waals surface area contributed by atoms with Gasteiger partial charge in [-0.1, -0.05) is 23.4 Å². The zero-order valence-electron chi connectivity index (χ0n) is 15.9. The number of nitrogens with two attached hydrogens (primary N) is 2. The maximum absolute atomic E-state index is 5.92. The highest BCUT2D eigenvalue weighted by Crippen LogP contribution is 2.24. The van der Waals surface area contributed by atoms with E-state index in [1.54, 1.807) is 18.0 Å². The van der Waals surface area contributed by atoms with Crippen LogP contribution in [0.2, 0.25) is 0 Å². The minimum absolute atomic E-state index is 0.156. The molecule has 4 rings (SSSR count). The van der Waals surface area contributed by atoms with Crippen LogP contribution in [0, 0.1) is 0 Å². The Labute approximate surface area is 167 Å². The van der Waals surface area contributed by atoms with Gasteiger partial charge in [-0.3, -0.25) is 4.98 Å². The van der Waals surface area contributed by atoms with Crippen LogP contribution in [-0.4, -0.2) is 37.1 Å². The molecule has 146 valence electrons. The van der Waals surface area contributed by atoms with Gasteiger partial charge in [-0.25, -0.2) is 14.6 Å². The fraction of sp³-hybridized carbons (Fsp3) is 0.150. The minimum Gasteiger partial charge on any atom is -0.399 e. The minimum atomic E-state index is 0.156. The van der Waals surface area contributed by atoms with Crippen molar-refractivity contribution in [3.8, 4) is 22.6 Å². The molecule has 0 bridgehead atoms. The molecule has 0 fully saturated rings. The number of hydrogen-bond donors (Lipinski definition) is 2. The molecule has 29 heavy (non-hydrogen) atoms. The fourth-order valence-electron chi connectivity index (χ4n) is 2.95. The average molecular weight is 388 g/mol. The fourth-order valence-corrected chi connectivity index (χ4v) is 2.95. The quantitative estimate of drug-likeness (QED) is 0.480. The second-order valence-electron chi connectivity index (χ2n) is 6.48. The molecule has 9 nitrogen and oxygen atoms in total. The Kier molecular flexibility index (Phi) is 5.12. The number of ether oxygens (including phenoxy) is 1. The number of rotatable bonds is 6. The van der Waals surface area contributed by atoms with Crippen molar-refractivity contribution >= 4 is 11.6 Å². The van der Waals surface area contributed by atoms with E-state index in [-0.39, 0.29) is 5.95 Å². The van der Waals surface area contributed by atoms with Gasteiger partial charge in [0.15, 0.2) is 0 Å². The summed E-state index contributed by atoms with van der Waals surface area (Å²) in [6.07, 6.45) is 1.80. The average Bonchev–Trinajstić information content (AvgIpc) is 3.17. The molecule has 3 aromatic heterocycles. The first-order valence-corrected chi connectivity index (χ1v) is 8.95. The molecule has 0 unspecified atom stereocenters.